The minimum atomic E-state index is -1.93. The molecule has 2 rings (SSSR count). The van der Waals surface area contributed by atoms with E-state index in [0.717, 1.165) is 11.1 Å². The lowest BCUT2D eigenvalue weighted by molar-refractivity contribution is -0.140. The molecule has 0 heterocycles. The number of aryl methyl sites for hydroxylation is 1. The summed E-state index contributed by atoms with van der Waals surface area (Å²) in [6.07, 6.45) is 0.628. The molecule has 0 saturated heterocycles. The van der Waals surface area contributed by atoms with E-state index in [1.54, 1.807) is 48.5 Å². The molecule has 0 unspecified atom stereocenters. The number of benzene rings is 2. The Balaban J connectivity index is 2.18. The van der Waals surface area contributed by atoms with E-state index < -0.39 is 27.6 Å². The fraction of sp³-hybridized carbons (Fsp3) is 0.111. The summed E-state index contributed by atoms with van der Waals surface area (Å²) in [5.74, 6) is -2.28. The van der Waals surface area contributed by atoms with Crippen LogP contribution < -0.4 is 0 Å². The van der Waals surface area contributed by atoms with E-state index in [1.165, 1.54) is 0 Å². The molecule has 0 amide bonds. The molecule has 0 saturated carbocycles. The summed E-state index contributed by atoms with van der Waals surface area (Å²) in [7, 11) is -1.93. The third-order valence-electron chi connectivity index (χ3n) is 3.10. The van der Waals surface area contributed by atoms with Gasteiger partial charge in [-0.25, -0.2) is 13.8 Å². The second-order valence-corrected chi connectivity index (χ2v) is 6.44. The van der Waals surface area contributed by atoms with Gasteiger partial charge < -0.3 is 9.84 Å². The third-order valence-corrected chi connectivity index (χ3v) is 4.49. The minimum Gasteiger partial charge on any atom is -0.478 e. The van der Waals surface area contributed by atoms with Gasteiger partial charge in [0.15, 0.2) is 0 Å². The van der Waals surface area contributed by atoms with E-state index in [4.69, 9.17) is 9.84 Å². The summed E-state index contributed by atoms with van der Waals surface area (Å²) in [4.78, 5) is 23.1. The number of carboxylic acid groups (broad SMARTS) is 1. The van der Waals surface area contributed by atoms with E-state index in [2.05, 4.69) is 0 Å². The van der Waals surface area contributed by atoms with Crippen molar-refractivity contribution in [2.45, 2.75) is 18.4 Å². The maximum Gasteiger partial charge on any atom is 0.348 e. The molecule has 1 N–H and O–H groups in total. The van der Waals surface area contributed by atoms with E-state index in [-0.39, 0.29) is 6.61 Å². The van der Waals surface area contributed by atoms with Crippen LogP contribution >= 0.6 is 0 Å². The van der Waals surface area contributed by atoms with Crippen LogP contribution in [0.1, 0.15) is 11.1 Å². The van der Waals surface area contributed by atoms with Crippen LogP contribution in [0.15, 0.2) is 70.5 Å². The van der Waals surface area contributed by atoms with Gasteiger partial charge in [-0.05, 0) is 24.6 Å². The van der Waals surface area contributed by atoms with Gasteiger partial charge in [0.2, 0.25) is 0 Å². The van der Waals surface area contributed by atoms with Crippen LogP contribution in [-0.4, -0.2) is 21.3 Å². The Hall–Kier alpha value is -2.73. The Kier molecular flexibility index (Phi) is 6.03. The Morgan fingerprint density at radius 1 is 1.08 bits per heavy atom. The van der Waals surface area contributed by atoms with Crippen molar-refractivity contribution in [1.29, 1.82) is 0 Å². The van der Waals surface area contributed by atoms with Gasteiger partial charge in [0.25, 0.3) is 0 Å². The molecule has 5 nitrogen and oxygen atoms in total. The van der Waals surface area contributed by atoms with Crippen molar-refractivity contribution in [3.63, 3.8) is 0 Å². The summed E-state index contributed by atoms with van der Waals surface area (Å²) in [6, 6.07) is 15.6. The molecule has 2 aromatic carbocycles. The van der Waals surface area contributed by atoms with Gasteiger partial charge >= 0.3 is 11.9 Å². The zero-order chi connectivity index (χ0) is 17.5. The minimum absolute atomic E-state index is 0.0261. The second-order valence-electron chi connectivity index (χ2n) is 4.99. The molecule has 0 aliphatic rings. The van der Waals surface area contributed by atoms with Crippen LogP contribution in [0, 0.1) is 6.92 Å². The monoisotopic (exact) mass is 344 g/mol. The highest BCUT2D eigenvalue weighted by molar-refractivity contribution is 7.90. The largest absolute Gasteiger partial charge is 0.478 e. The van der Waals surface area contributed by atoms with Crippen molar-refractivity contribution in [3.8, 4) is 0 Å². The van der Waals surface area contributed by atoms with Crippen LogP contribution in [0.3, 0.4) is 0 Å². The Labute approximate surface area is 142 Å². The highest BCUT2D eigenvalue weighted by atomic mass is 32.2. The molecule has 0 radical (unpaired) electrons. The van der Waals surface area contributed by atoms with Gasteiger partial charge in [-0.3, -0.25) is 0 Å². The third kappa shape index (κ3) is 4.89. The second kappa shape index (κ2) is 8.21. The van der Waals surface area contributed by atoms with Crippen molar-refractivity contribution in [2.75, 3.05) is 0 Å². The van der Waals surface area contributed by atoms with E-state index >= 15 is 0 Å². The molecule has 0 spiro atoms. The lowest BCUT2D eigenvalue weighted by atomic mass is 10.2. The number of hydrogen-bond donors (Lipinski definition) is 1. The number of rotatable bonds is 6. The number of esters is 1. The first-order chi connectivity index (χ1) is 11.5. The van der Waals surface area contributed by atoms with Gasteiger partial charge in [-0.15, -0.1) is 0 Å². The highest BCUT2D eigenvalue weighted by Crippen LogP contribution is 2.17. The van der Waals surface area contributed by atoms with Crippen LogP contribution in [-0.2, 0) is 31.7 Å². The predicted octanol–water partition coefficient (Wildman–Crippen LogP) is 2.81. The fourth-order valence-corrected chi connectivity index (χ4v) is 2.94. The molecular formula is C18H16O5S. The van der Waals surface area contributed by atoms with E-state index in [1.807, 2.05) is 13.0 Å². The number of aliphatic carboxylic acids is 1. The van der Waals surface area contributed by atoms with E-state index in [0.29, 0.717) is 11.0 Å². The van der Waals surface area contributed by atoms with Gasteiger partial charge in [-0.1, -0.05) is 48.0 Å². The van der Waals surface area contributed by atoms with Gasteiger partial charge in [-0.2, -0.15) is 0 Å². The summed E-state index contributed by atoms with van der Waals surface area (Å²) < 4.78 is 17.6. The first-order valence-corrected chi connectivity index (χ1v) is 8.26. The molecule has 6 heteroatoms. The first kappa shape index (κ1) is 17.6. The van der Waals surface area contributed by atoms with Gasteiger partial charge in [0.1, 0.15) is 11.5 Å². The van der Waals surface area contributed by atoms with E-state index in [9.17, 15) is 13.8 Å². The number of carbonyl (C=O) groups excluding carboxylic acids is 1. The zero-order valence-corrected chi connectivity index (χ0v) is 13.8. The normalized spacial score (nSPS) is 12.5. The Morgan fingerprint density at radius 3 is 2.29 bits per heavy atom. The average Bonchev–Trinajstić information content (AvgIpc) is 2.58. The molecule has 0 aromatic heterocycles. The fourth-order valence-electron chi connectivity index (χ4n) is 1.88. The smallest absolute Gasteiger partial charge is 0.348 e. The molecular weight excluding hydrogens is 328 g/mol. The van der Waals surface area contributed by atoms with Crippen molar-refractivity contribution in [1.82, 2.24) is 0 Å². The Bertz CT molecular complexity index is 779. The summed E-state index contributed by atoms with van der Waals surface area (Å²) in [5, 5.41) is 8.94. The first-order valence-electron chi connectivity index (χ1n) is 7.11. The quantitative estimate of drug-likeness (QED) is 0.644. The molecule has 0 fully saturated rings. The average molecular weight is 344 g/mol. The van der Waals surface area contributed by atoms with Crippen LogP contribution in [0.5, 0.6) is 0 Å². The van der Waals surface area contributed by atoms with Gasteiger partial charge in [0.05, 0.1) is 10.8 Å². The van der Waals surface area contributed by atoms with Crippen LogP contribution in [0.4, 0.5) is 0 Å². The van der Waals surface area contributed by atoms with Crippen molar-refractivity contribution in [3.05, 3.63) is 76.7 Å². The number of ether oxygens (including phenoxy) is 1. The maximum atomic E-state index is 12.5. The predicted molar refractivity (Wildman–Crippen MR) is 89.5 cm³/mol. The molecule has 124 valence electrons. The molecule has 0 bridgehead atoms. The zero-order valence-electron chi connectivity index (χ0n) is 13.0. The lowest BCUT2D eigenvalue weighted by Gasteiger charge is -2.08. The van der Waals surface area contributed by atoms with Crippen LogP contribution in [0.25, 0.3) is 0 Å². The van der Waals surface area contributed by atoms with Gasteiger partial charge in [0, 0.05) is 11.0 Å². The SMILES string of the molecule is Cc1ccc([S@](=O)/C(=C/C(=O)O)C(=O)OCc2ccccc2)cc1. The van der Waals surface area contributed by atoms with Crippen molar-refractivity contribution >= 4 is 22.7 Å². The van der Waals surface area contributed by atoms with Crippen molar-refractivity contribution < 1.29 is 23.6 Å². The Morgan fingerprint density at radius 2 is 1.71 bits per heavy atom. The lowest BCUT2D eigenvalue weighted by Crippen LogP contribution is -2.14. The topological polar surface area (TPSA) is 80.7 Å². The summed E-state index contributed by atoms with van der Waals surface area (Å²) >= 11 is 0. The summed E-state index contributed by atoms with van der Waals surface area (Å²) in [5.41, 5.74) is 1.72. The molecule has 24 heavy (non-hydrogen) atoms. The van der Waals surface area contributed by atoms with Crippen molar-refractivity contribution in [2.24, 2.45) is 0 Å². The maximum absolute atomic E-state index is 12.5. The standard InChI is InChI=1S/C18H16O5S/c1-13-7-9-15(10-8-13)24(22)16(11-17(19)20)18(21)23-12-14-5-3-2-4-6-14/h2-11H,12H2,1H3,(H,19,20)/b16-11+/t24-/m0/s1. The molecule has 0 aliphatic carbocycles. The number of carbonyl (C=O) groups is 2. The highest BCUT2D eigenvalue weighted by Gasteiger charge is 2.21. The molecule has 1 atom stereocenters. The van der Waals surface area contributed by atoms with Crippen LogP contribution in [0.2, 0.25) is 0 Å². The number of carboxylic acids is 1. The molecule has 0 aliphatic heterocycles. The number of hydrogen-bond acceptors (Lipinski definition) is 4. The summed E-state index contributed by atoms with van der Waals surface area (Å²) in [6.45, 7) is 1.84. The molecule has 2 aromatic rings.